The topological polar surface area (TPSA) is 72.4 Å². The zero-order valence-corrected chi connectivity index (χ0v) is 13.1. The van der Waals surface area contributed by atoms with Crippen LogP contribution in [-0.4, -0.2) is 53.9 Å². The van der Waals surface area contributed by atoms with Crippen LogP contribution >= 0.6 is 0 Å². The van der Waals surface area contributed by atoms with Gasteiger partial charge in [-0.2, -0.15) is 15.0 Å². The largest absolute Gasteiger partial charge is 0.460 e. The van der Waals surface area contributed by atoms with Crippen LogP contribution in [0.1, 0.15) is 33.6 Å². The Kier molecular flexibility index (Phi) is 5.98. The number of nitrogens with zero attached hydrogens (tertiary/aromatic N) is 4. The smallest absolute Gasteiger partial charge is 0.323 e. The zero-order chi connectivity index (χ0) is 15.1. The number of ether oxygens (including phenoxy) is 2. The molecule has 0 saturated carbocycles. The number of morpholine rings is 1. The molecule has 7 heteroatoms. The first-order valence-electron chi connectivity index (χ1n) is 7.72. The average Bonchev–Trinajstić information content (AvgIpc) is 2.53. The van der Waals surface area contributed by atoms with Gasteiger partial charge in [0.05, 0.1) is 19.3 Å². The van der Waals surface area contributed by atoms with Gasteiger partial charge in [0.2, 0.25) is 11.9 Å². The molecule has 7 nitrogen and oxygen atoms in total. The van der Waals surface area contributed by atoms with E-state index in [1.54, 1.807) is 0 Å². The summed E-state index contributed by atoms with van der Waals surface area (Å²) in [7, 11) is 0. The van der Waals surface area contributed by atoms with E-state index in [2.05, 4.69) is 39.0 Å². The molecule has 1 aromatic heterocycles. The van der Waals surface area contributed by atoms with E-state index < -0.39 is 0 Å². The van der Waals surface area contributed by atoms with Crippen LogP contribution in [0.5, 0.6) is 6.01 Å². The third kappa shape index (κ3) is 4.70. The predicted molar refractivity (Wildman–Crippen MR) is 82.0 cm³/mol. The maximum absolute atomic E-state index is 5.76. The molecule has 1 N–H and O–H groups in total. The van der Waals surface area contributed by atoms with Gasteiger partial charge in [-0.1, -0.05) is 13.8 Å². The van der Waals surface area contributed by atoms with Gasteiger partial charge < -0.3 is 19.7 Å². The SMILES string of the molecule is CCCNc1nc(OC(C)CC)nc(N2CCOCC2)n1. The van der Waals surface area contributed by atoms with Crippen molar-refractivity contribution < 1.29 is 9.47 Å². The van der Waals surface area contributed by atoms with E-state index in [0.29, 0.717) is 31.1 Å². The lowest BCUT2D eigenvalue weighted by Crippen LogP contribution is -2.37. The molecule has 0 aromatic carbocycles. The molecule has 21 heavy (non-hydrogen) atoms. The molecular formula is C14H25N5O2. The minimum Gasteiger partial charge on any atom is -0.460 e. The summed E-state index contributed by atoms with van der Waals surface area (Å²) in [5.41, 5.74) is 0. The van der Waals surface area contributed by atoms with Crippen molar-refractivity contribution in [2.75, 3.05) is 43.1 Å². The summed E-state index contributed by atoms with van der Waals surface area (Å²) in [4.78, 5) is 15.4. The average molecular weight is 295 g/mol. The third-order valence-electron chi connectivity index (χ3n) is 3.31. The quantitative estimate of drug-likeness (QED) is 0.821. The first-order valence-corrected chi connectivity index (χ1v) is 7.72. The molecule has 0 spiro atoms. The highest BCUT2D eigenvalue weighted by Crippen LogP contribution is 2.17. The van der Waals surface area contributed by atoms with E-state index >= 15 is 0 Å². The molecule has 0 aliphatic carbocycles. The van der Waals surface area contributed by atoms with Gasteiger partial charge in [-0.3, -0.25) is 0 Å². The van der Waals surface area contributed by atoms with E-state index in [4.69, 9.17) is 9.47 Å². The summed E-state index contributed by atoms with van der Waals surface area (Å²) in [6, 6.07) is 0.388. The normalized spacial score (nSPS) is 16.6. The summed E-state index contributed by atoms with van der Waals surface area (Å²) in [6.07, 6.45) is 2.01. The first-order chi connectivity index (χ1) is 10.2. The van der Waals surface area contributed by atoms with Crippen LogP contribution in [0.15, 0.2) is 0 Å². The lowest BCUT2D eigenvalue weighted by atomic mass is 10.3. The van der Waals surface area contributed by atoms with Crippen LogP contribution in [-0.2, 0) is 4.74 Å². The van der Waals surface area contributed by atoms with Crippen LogP contribution in [0, 0.1) is 0 Å². The second kappa shape index (κ2) is 7.97. The fraction of sp³-hybridized carbons (Fsp3) is 0.786. The summed E-state index contributed by atoms with van der Waals surface area (Å²) < 4.78 is 11.1. The molecule has 1 atom stereocenters. The first kappa shape index (κ1) is 15.8. The Bertz CT molecular complexity index is 437. The molecule has 0 amide bonds. The van der Waals surface area contributed by atoms with Crippen molar-refractivity contribution >= 4 is 11.9 Å². The highest BCUT2D eigenvalue weighted by atomic mass is 16.5. The molecular weight excluding hydrogens is 270 g/mol. The van der Waals surface area contributed by atoms with Gasteiger partial charge >= 0.3 is 6.01 Å². The summed E-state index contributed by atoms with van der Waals surface area (Å²) >= 11 is 0. The van der Waals surface area contributed by atoms with Gasteiger partial charge in [-0.25, -0.2) is 0 Å². The Balaban J connectivity index is 2.18. The van der Waals surface area contributed by atoms with Crippen LogP contribution in [0.4, 0.5) is 11.9 Å². The molecule has 1 fully saturated rings. The molecule has 0 radical (unpaired) electrons. The van der Waals surface area contributed by atoms with Crippen molar-refractivity contribution in [3.05, 3.63) is 0 Å². The van der Waals surface area contributed by atoms with Crippen molar-refractivity contribution in [3.63, 3.8) is 0 Å². The Morgan fingerprint density at radius 2 is 2.00 bits per heavy atom. The molecule has 1 unspecified atom stereocenters. The van der Waals surface area contributed by atoms with E-state index in [9.17, 15) is 0 Å². The highest BCUT2D eigenvalue weighted by molar-refractivity contribution is 5.38. The fourth-order valence-electron chi connectivity index (χ4n) is 1.88. The Labute approximate surface area is 126 Å². The number of rotatable bonds is 7. The van der Waals surface area contributed by atoms with Crippen molar-refractivity contribution in [2.45, 2.75) is 39.7 Å². The van der Waals surface area contributed by atoms with Crippen molar-refractivity contribution in [2.24, 2.45) is 0 Å². The molecule has 1 aliphatic rings. The maximum atomic E-state index is 5.76. The lowest BCUT2D eigenvalue weighted by molar-refractivity contribution is 0.121. The number of aromatic nitrogens is 3. The van der Waals surface area contributed by atoms with Gasteiger partial charge in [0.1, 0.15) is 0 Å². The zero-order valence-electron chi connectivity index (χ0n) is 13.1. The minimum absolute atomic E-state index is 0.0870. The molecule has 1 aromatic rings. The Hall–Kier alpha value is -1.63. The van der Waals surface area contributed by atoms with Gasteiger partial charge in [-0.05, 0) is 19.8 Å². The standard InChI is InChI=1S/C14H25N5O2/c1-4-6-15-12-16-13(19-7-9-20-10-8-19)18-14(17-12)21-11(3)5-2/h11H,4-10H2,1-3H3,(H,15,16,17,18). The van der Waals surface area contributed by atoms with Gasteiger partial charge in [0.15, 0.2) is 0 Å². The third-order valence-corrected chi connectivity index (χ3v) is 3.31. The monoisotopic (exact) mass is 295 g/mol. The van der Waals surface area contributed by atoms with Gasteiger partial charge in [0, 0.05) is 19.6 Å². The molecule has 0 bridgehead atoms. The van der Waals surface area contributed by atoms with Crippen molar-refractivity contribution in [3.8, 4) is 6.01 Å². The van der Waals surface area contributed by atoms with Crippen molar-refractivity contribution in [1.29, 1.82) is 0 Å². The van der Waals surface area contributed by atoms with Gasteiger partial charge in [-0.15, -0.1) is 0 Å². The highest BCUT2D eigenvalue weighted by Gasteiger charge is 2.17. The van der Waals surface area contributed by atoms with Crippen LogP contribution in [0.2, 0.25) is 0 Å². The fourth-order valence-corrected chi connectivity index (χ4v) is 1.88. The summed E-state index contributed by atoms with van der Waals surface area (Å²) in [6.45, 7) is 10.0. The number of anilines is 2. The Morgan fingerprint density at radius 3 is 2.67 bits per heavy atom. The summed E-state index contributed by atoms with van der Waals surface area (Å²) in [5, 5.41) is 3.21. The number of hydrogen-bond donors (Lipinski definition) is 1. The van der Waals surface area contributed by atoms with E-state index in [0.717, 1.165) is 32.5 Å². The molecule has 118 valence electrons. The van der Waals surface area contributed by atoms with Crippen LogP contribution < -0.4 is 15.0 Å². The van der Waals surface area contributed by atoms with E-state index in [1.165, 1.54) is 0 Å². The van der Waals surface area contributed by atoms with Crippen LogP contribution in [0.3, 0.4) is 0 Å². The molecule has 2 rings (SSSR count). The number of hydrogen-bond acceptors (Lipinski definition) is 7. The molecule has 2 heterocycles. The maximum Gasteiger partial charge on any atom is 0.323 e. The lowest BCUT2D eigenvalue weighted by Gasteiger charge is -2.27. The minimum atomic E-state index is 0.0870. The van der Waals surface area contributed by atoms with E-state index in [1.807, 2.05) is 6.92 Å². The molecule has 1 aliphatic heterocycles. The van der Waals surface area contributed by atoms with Crippen LogP contribution in [0.25, 0.3) is 0 Å². The summed E-state index contributed by atoms with van der Waals surface area (Å²) in [5.74, 6) is 1.23. The Morgan fingerprint density at radius 1 is 1.24 bits per heavy atom. The van der Waals surface area contributed by atoms with Crippen molar-refractivity contribution in [1.82, 2.24) is 15.0 Å². The predicted octanol–water partition coefficient (Wildman–Crippen LogP) is 1.71. The van der Waals surface area contributed by atoms with Gasteiger partial charge in [0.25, 0.3) is 0 Å². The second-order valence-electron chi connectivity index (χ2n) is 5.10. The number of nitrogens with one attached hydrogen (secondary N) is 1. The second-order valence-corrected chi connectivity index (χ2v) is 5.10. The van der Waals surface area contributed by atoms with E-state index in [-0.39, 0.29) is 6.10 Å². The molecule has 1 saturated heterocycles.